The van der Waals surface area contributed by atoms with Gasteiger partial charge in [0.25, 0.3) is 0 Å². The first-order valence-corrected chi connectivity index (χ1v) is 7.11. The molecule has 1 aliphatic rings. The summed E-state index contributed by atoms with van der Waals surface area (Å²) in [6, 6.07) is 0.396. The van der Waals surface area contributed by atoms with Crippen molar-refractivity contribution in [2.75, 3.05) is 26.7 Å². The van der Waals surface area contributed by atoms with Crippen LogP contribution in [0.4, 0.5) is 13.2 Å². The molecule has 0 aromatic carbocycles. The maximum absolute atomic E-state index is 12.6. The third-order valence-electron chi connectivity index (χ3n) is 4.18. The first-order valence-electron chi connectivity index (χ1n) is 7.11. The van der Waals surface area contributed by atoms with E-state index < -0.39 is 12.1 Å². The Hall–Kier alpha value is -0.290. The number of likely N-dealkylation sites (tertiary alicyclic amines) is 1. The Labute approximate surface area is 114 Å². The molecule has 1 aliphatic heterocycles. The third-order valence-corrected chi connectivity index (χ3v) is 4.18. The molecule has 19 heavy (non-hydrogen) atoms. The zero-order chi connectivity index (χ0) is 14.7. The second-order valence-corrected chi connectivity index (χ2v) is 6.65. The van der Waals surface area contributed by atoms with E-state index in [0.717, 1.165) is 13.0 Å². The maximum atomic E-state index is 12.6. The van der Waals surface area contributed by atoms with Gasteiger partial charge in [-0.2, -0.15) is 13.2 Å². The minimum absolute atomic E-state index is 0.180. The standard InChI is InChI=1S/C14H27F3N2/c1-13(2,3)12(18-4)7-10-19-8-5-11(6-9-19)14(15,16)17/h11-12,18H,5-10H2,1-4H3. The van der Waals surface area contributed by atoms with E-state index >= 15 is 0 Å². The Morgan fingerprint density at radius 1 is 1.16 bits per heavy atom. The van der Waals surface area contributed by atoms with Crippen LogP contribution >= 0.6 is 0 Å². The fourth-order valence-corrected chi connectivity index (χ4v) is 2.81. The van der Waals surface area contributed by atoms with Gasteiger partial charge >= 0.3 is 6.18 Å². The van der Waals surface area contributed by atoms with E-state index in [1.54, 1.807) is 0 Å². The van der Waals surface area contributed by atoms with Gasteiger partial charge in [-0.3, -0.25) is 0 Å². The van der Waals surface area contributed by atoms with Gasteiger partial charge in [0.1, 0.15) is 0 Å². The minimum Gasteiger partial charge on any atom is -0.316 e. The second kappa shape index (κ2) is 6.44. The molecule has 1 saturated heterocycles. The Bertz CT molecular complexity index is 263. The SMILES string of the molecule is CNC(CCN1CCC(C(F)(F)F)CC1)C(C)(C)C. The molecule has 1 fully saturated rings. The van der Waals surface area contributed by atoms with Crippen LogP contribution in [-0.4, -0.2) is 43.8 Å². The largest absolute Gasteiger partial charge is 0.391 e. The lowest BCUT2D eigenvalue weighted by Gasteiger charge is -2.36. The molecule has 2 nitrogen and oxygen atoms in total. The van der Waals surface area contributed by atoms with E-state index in [4.69, 9.17) is 0 Å². The first-order chi connectivity index (χ1) is 8.64. The van der Waals surface area contributed by atoms with Crippen molar-refractivity contribution in [3.05, 3.63) is 0 Å². The predicted molar refractivity (Wildman–Crippen MR) is 72.1 cm³/mol. The maximum Gasteiger partial charge on any atom is 0.391 e. The van der Waals surface area contributed by atoms with E-state index in [0.29, 0.717) is 19.1 Å². The number of rotatable bonds is 4. The molecule has 0 radical (unpaired) electrons. The Morgan fingerprint density at radius 3 is 2.05 bits per heavy atom. The molecule has 1 atom stereocenters. The highest BCUT2D eigenvalue weighted by molar-refractivity contribution is 4.82. The summed E-state index contributed by atoms with van der Waals surface area (Å²) in [6.45, 7) is 8.58. The van der Waals surface area contributed by atoms with Crippen LogP contribution in [0, 0.1) is 11.3 Å². The van der Waals surface area contributed by atoms with Gasteiger partial charge in [0.2, 0.25) is 0 Å². The minimum atomic E-state index is -4.01. The van der Waals surface area contributed by atoms with Crippen LogP contribution < -0.4 is 5.32 Å². The second-order valence-electron chi connectivity index (χ2n) is 6.65. The smallest absolute Gasteiger partial charge is 0.316 e. The molecule has 0 amide bonds. The average molecular weight is 280 g/mol. The molecule has 0 bridgehead atoms. The monoisotopic (exact) mass is 280 g/mol. The highest BCUT2D eigenvalue weighted by Crippen LogP contribution is 2.34. The van der Waals surface area contributed by atoms with Gasteiger partial charge < -0.3 is 10.2 Å². The van der Waals surface area contributed by atoms with Crippen LogP contribution in [0.3, 0.4) is 0 Å². The molecule has 1 heterocycles. The molecule has 0 saturated carbocycles. The molecule has 1 rings (SSSR count). The topological polar surface area (TPSA) is 15.3 Å². The molecule has 1 unspecified atom stereocenters. The predicted octanol–water partition coefficient (Wildman–Crippen LogP) is 3.28. The zero-order valence-electron chi connectivity index (χ0n) is 12.5. The molecule has 5 heteroatoms. The number of halogens is 3. The van der Waals surface area contributed by atoms with Gasteiger partial charge in [0.05, 0.1) is 5.92 Å². The lowest BCUT2D eigenvalue weighted by atomic mass is 9.84. The molecule has 0 aliphatic carbocycles. The number of alkyl halides is 3. The summed E-state index contributed by atoms with van der Waals surface area (Å²) in [7, 11) is 1.95. The van der Waals surface area contributed by atoms with E-state index in [2.05, 4.69) is 31.0 Å². The highest BCUT2D eigenvalue weighted by Gasteiger charge is 2.41. The highest BCUT2D eigenvalue weighted by atomic mass is 19.4. The van der Waals surface area contributed by atoms with Crippen LogP contribution in [0.5, 0.6) is 0 Å². The van der Waals surface area contributed by atoms with E-state index in [-0.39, 0.29) is 18.3 Å². The summed E-state index contributed by atoms with van der Waals surface area (Å²) in [6.07, 6.45) is -2.52. The summed E-state index contributed by atoms with van der Waals surface area (Å²) in [5.74, 6) is -1.09. The van der Waals surface area contributed by atoms with Crippen LogP contribution in [0.25, 0.3) is 0 Å². The van der Waals surface area contributed by atoms with Crippen LogP contribution in [-0.2, 0) is 0 Å². The van der Waals surface area contributed by atoms with Crippen LogP contribution in [0.1, 0.15) is 40.0 Å². The van der Waals surface area contributed by atoms with Gasteiger partial charge in [0, 0.05) is 6.04 Å². The molecule has 0 spiro atoms. The van der Waals surface area contributed by atoms with Crippen molar-refractivity contribution in [2.24, 2.45) is 11.3 Å². The van der Waals surface area contributed by atoms with Crippen molar-refractivity contribution in [3.8, 4) is 0 Å². The summed E-state index contributed by atoms with van der Waals surface area (Å²) in [5.41, 5.74) is 0.180. The van der Waals surface area contributed by atoms with Gasteiger partial charge in [-0.25, -0.2) is 0 Å². The van der Waals surface area contributed by atoms with Crippen molar-refractivity contribution in [3.63, 3.8) is 0 Å². The summed E-state index contributed by atoms with van der Waals surface area (Å²) >= 11 is 0. The normalized spacial score (nSPS) is 21.6. The van der Waals surface area contributed by atoms with E-state index in [1.807, 2.05) is 7.05 Å². The summed E-state index contributed by atoms with van der Waals surface area (Å²) in [4.78, 5) is 2.16. The molecule has 114 valence electrons. The van der Waals surface area contributed by atoms with Crippen molar-refractivity contribution < 1.29 is 13.2 Å². The number of piperidine rings is 1. The fraction of sp³-hybridized carbons (Fsp3) is 1.00. The molecule has 0 aromatic rings. The molecule has 1 N–H and O–H groups in total. The zero-order valence-corrected chi connectivity index (χ0v) is 12.5. The Morgan fingerprint density at radius 2 is 1.68 bits per heavy atom. The molecular weight excluding hydrogens is 253 g/mol. The third kappa shape index (κ3) is 5.30. The van der Waals surface area contributed by atoms with Crippen LogP contribution in [0.15, 0.2) is 0 Å². The summed E-state index contributed by atoms with van der Waals surface area (Å²) < 4.78 is 37.7. The van der Waals surface area contributed by atoms with E-state index in [1.165, 1.54) is 0 Å². The molecular formula is C14H27F3N2. The van der Waals surface area contributed by atoms with E-state index in [9.17, 15) is 13.2 Å². The van der Waals surface area contributed by atoms with Crippen molar-refractivity contribution in [1.82, 2.24) is 10.2 Å². The fourth-order valence-electron chi connectivity index (χ4n) is 2.81. The lowest BCUT2D eigenvalue weighted by Crippen LogP contribution is -2.44. The average Bonchev–Trinajstić information content (AvgIpc) is 2.27. The van der Waals surface area contributed by atoms with Gasteiger partial charge in [-0.15, -0.1) is 0 Å². The number of hydrogen-bond acceptors (Lipinski definition) is 2. The summed E-state index contributed by atoms with van der Waals surface area (Å²) in [5, 5.41) is 3.31. The lowest BCUT2D eigenvalue weighted by molar-refractivity contribution is -0.185. The first kappa shape index (κ1) is 16.8. The van der Waals surface area contributed by atoms with Gasteiger partial charge in [-0.1, -0.05) is 20.8 Å². The number of nitrogens with one attached hydrogen (secondary N) is 1. The van der Waals surface area contributed by atoms with Crippen molar-refractivity contribution in [1.29, 1.82) is 0 Å². The number of hydrogen-bond donors (Lipinski definition) is 1. The Kier molecular flexibility index (Phi) is 5.68. The quantitative estimate of drug-likeness (QED) is 0.850. The van der Waals surface area contributed by atoms with Crippen molar-refractivity contribution >= 4 is 0 Å². The Balaban J connectivity index is 2.34. The molecule has 0 aromatic heterocycles. The van der Waals surface area contributed by atoms with Crippen LogP contribution in [0.2, 0.25) is 0 Å². The van der Waals surface area contributed by atoms with Gasteiger partial charge in [-0.05, 0) is 51.4 Å². The van der Waals surface area contributed by atoms with Crippen molar-refractivity contribution in [2.45, 2.75) is 52.3 Å². The number of nitrogens with zero attached hydrogens (tertiary/aromatic N) is 1. The van der Waals surface area contributed by atoms with Gasteiger partial charge in [0.15, 0.2) is 0 Å².